The maximum atomic E-state index is 6.39. The molecule has 4 rings (SSSR count). The minimum absolute atomic E-state index is 0.111. The first-order chi connectivity index (χ1) is 15.1. The molecule has 1 aliphatic rings. The minimum Gasteiger partial charge on any atom is -0.495 e. The Kier molecular flexibility index (Phi) is 6.95. The average molecular weight is 437 g/mol. The molecule has 0 spiro atoms. The number of hydrogen-bond donors (Lipinski definition) is 3. The number of guanidine groups is 1. The van der Waals surface area contributed by atoms with Gasteiger partial charge in [0.05, 0.1) is 19.3 Å². The molecule has 0 aromatic heterocycles. The topological polar surface area (TPSA) is 71.7 Å². The van der Waals surface area contributed by atoms with E-state index in [-0.39, 0.29) is 12.1 Å². The molecule has 0 aliphatic heterocycles. The number of hydrogen-bond acceptors (Lipinski definition) is 3. The smallest absolute Gasteiger partial charge is 0.196 e. The number of ether oxygens (including phenoxy) is 1. The number of nitrogens with one attached hydrogen (secondary N) is 2. The standard InChI is InChI=1S/C25H29ClN4O/c1-31-24-14-13-19(26)15-23(24)30-25(29-22-12-5-4-11-21(22)27)28-16-18-9-6-8-17-7-2-3-10-20(17)18/h2-3,6-10,13-15,21-22H,4-5,11-12,16,27H2,1H3,(H2,28,29,30)/t21-,22-/m0/s1. The Morgan fingerprint density at radius 1 is 1.10 bits per heavy atom. The van der Waals surface area contributed by atoms with Gasteiger partial charge in [0.2, 0.25) is 0 Å². The van der Waals surface area contributed by atoms with E-state index < -0.39 is 0 Å². The van der Waals surface area contributed by atoms with Gasteiger partial charge in [0.15, 0.2) is 5.96 Å². The summed E-state index contributed by atoms with van der Waals surface area (Å²) in [5, 5.41) is 10.0. The van der Waals surface area contributed by atoms with Crippen molar-refractivity contribution in [1.29, 1.82) is 0 Å². The highest BCUT2D eigenvalue weighted by molar-refractivity contribution is 6.31. The van der Waals surface area contributed by atoms with E-state index in [1.54, 1.807) is 7.11 Å². The number of rotatable bonds is 5. The van der Waals surface area contributed by atoms with E-state index in [9.17, 15) is 0 Å². The lowest BCUT2D eigenvalue weighted by Gasteiger charge is -2.31. The molecule has 1 fully saturated rings. The summed E-state index contributed by atoms with van der Waals surface area (Å²) in [6.45, 7) is 0.543. The number of nitrogens with two attached hydrogens (primary N) is 1. The summed E-state index contributed by atoms with van der Waals surface area (Å²) in [4.78, 5) is 4.91. The molecule has 0 bridgehead atoms. The number of benzene rings is 3. The van der Waals surface area contributed by atoms with Crippen molar-refractivity contribution in [1.82, 2.24) is 5.32 Å². The van der Waals surface area contributed by atoms with E-state index in [2.05, 4.69) is 53.1 Å². The first kappa shape index (κ1) is 21.5. The van der Waals surface area contributed by atoms with E-state index in [0.717, 1.165) is 18.5 Å². The van der Waals surface area contributed by atoms with Crippen molar-refractivity contribution in [2.24, 2.45) is 10.7 Å². The normalized spacial score (nSPS) is 19.3. The van der Waals surface area contributed by atoms with E-state index in [4.69, 9.17) is 27.1 Å². The van der Waals surface area contributed by atoms with Gasteiger partial charge in [-0.3, -0.25) is 0 Å². The SMILES string of the molecule is COc1ccc(Cl)cc1NC(=NCc1cccc2ccccc12)N[C@H]1CCCC[C@@H]1N. The second-order valence-corrected chi connectivity index (χ2v) is 8.41. The van der Waals surface area contributed by atoms with Gasteiger partial charge in [-0.2, -0.15) is 0 Å². The van der Waals surface area contributed by atoms with Gasteiger partial charge in [-0.15, -0.1) is 0 Å². The van der Waals surface area contributed by atoms with Crippen LogP contribution in [0.25, 0.3) is 10.8 Å². The number of nitrogens with zero attached hydrogens (tertiary/aromatic N) is 1. The van der Waals surface area contributed by atoms with Crippen molar-refractivity contribution in [3.8, 4) is 5.75 Å². The zero-order chi connectivity index (χ0) is 21.6. The van der Waals surface area contributed by atoms with E-state index in [0.29, 0.717) is 23.3 Å². The van der Waals surface area contributed by atoms with Crippen molar-refractivity contribution in [2.75, 3.05) is 12.4 Å². The third-order valence-corrected chi connectivity index (χ3v) is 6.08. The number of methoxy groups -OCH3 is 1. The van der Waals surface area contributed by atoms with Crippen molar-refractivity contribution in [3.63, 3.8) is 0 Å². The molecule has 3 aromatic carbocycles. The highest BCUT2D eigenvalue weighted by atomic mass is 35.5. The maximum absolute atomic E-state index is 6.39. The first-order valence-electron chi connectivity index (χ1n) is 10.8. The quantitative estimate of drug-likeness (QED) is 0.373. The molecule has 5 nitrogen and oxygen atoms in total. The third kappa shape index (κ3) is 5.30. The minimum atomic E-state index is 0.111. The van der Waals surface area contributed by atoms with Crippen LogP contribution in [0.5, 0.6) is 5.75 Å². The zero-order valence-corrected chi connectivity index (χ0v) is 18.5. The first-order valence-corrected chi connectivity index (χ1v) is 11.2. The van der Waals surface area contributed by atoms with Crippen LogP contribution >= 0.6 is 11.6 Å². The summed E-state index contributed by atoms with van der Waals surface area (Å²) in [6.07, 6.45) is 4.40. The second-order valence-electron chi connectivity index (χ2n) is 7.97. The highest BCUT2D eigenvalue weighted by Gasteiger charge is 2.23. The largest absolute Gasteiger partial charge is 0.495 e. The fourth-order valence-corrected chi connectivity index (χ4v) is 4.31. The van der Waals surface area contributed by atoms with Crippen LogP contribution < -0.4 is 21.1 Å². The number of anilines is 1. The number of fused-ring (bicyclic) bond motifs is 1. The van der Waals surface area contributed by atoms with Gasteiger partial charge in [0.25, 0.3) is 0 Å². The lowest BCUT2D eigenvalue weighted by molar-refractivity contribution is 0.360. The molecule has 0 radical (unpaired) electrons. The Hall–Kier alpha value is -2.76. The van der Waals surface area contributed by atoms with Crippen LogP contribution in [0.1, 0.15) is 31.2 Å². The summed E-state index contributed by atoms with van der Waals surface area (Å²) >= 11 is 6.23. The van der Waals surface area contributed by atoms with Crippen molar-refractivity contribution in [3.05, 3.63) is 71.2 Å². The Morgan fingerprint density at radius 2 is 1.90 bits per heavy atom. The van der Waals surface area contributed by atoms with Gasteiger partial charge in [-0.1, -0.05) is 66.9 Å². The van der Waals surface area contributed by atoms with Gasteiger partial charge in [-0.05, 0) is 47.4 Å². The molecular formula is C25H29ClN4O. The maximum Gasteiger partial charge on any atom is 0.196 e. The molecular weight excluding hydrogens is 408 g/mol. The Morgan fingerprint density at radius 3 is 2.74 bits per heavy atom. The van der Waals surface area contributed by atoms with E-state index >= 15 is 0 Å². The van der Waals surface area contributed by atoms with E-state index in [1.165, 1.54) is 29.2 Å². The molecule has 4 N–H and O–H groups in total. The Balaban J connectivity index is 1.63. The number of halogens is 1. The van der Waals surface area contributed by atoms with Crippen LogP contribution in [-0.2, 0) is 6.54 Å². The molecule has 0 unspecified atom stereocenters. The molecule has 0 heterocycles. The lowest BCUT2D eigenvalue weighted by atomic mass is 9.91. The van der Waals surface area contributed by atoms with Crippen LogP contribution in [-0.4, -0.2) is 25.2 Å². The second kappa shape index (κ2) is 10.0. The van der Waals surface area contributed by atoms with Crippen LogP contribution in [0.3, 0.4) is 0 Å². The van der Waals surface area contributed by atoms with Gasteiger partial charge in [0, 0.05) is 17.1 Å². The van der Waals surface area contributed by atoms with Crippen molar-refractivity contribution < 1.29 is 4.74 Å². The van der Waals surface area contributed by atoms with E-state index in [1.807, 2.05) is 18.2 Å². The molecule has 1 saturated carbocycles. The van der Waals surface area contributed by atoms with Gasteiger partial charge in [-0.25, -0.2) is 4.99 Å². The fraction of sp³-hybridized carbons (Fsp3) is 0.320. The molecule has 31 heavy (non-hydrogen) atoms. The van der Waals surface area contributed by atoms with Crippen LogP contribution in [0, 0.1) is 0 Å². The van der Waals surface area contributed by atoms with Gasteiger partial charge >= 0.3 is 0 Å². The summed E-state index contributed by atoms with van der Waals surface area (Å²) in [5.41, 5.74) is 8.33. The molecule has 162 valence electrons. The zero-order valence-electron chi connectivity index (χ0n) is 17.8. The van der Waals surface area contributed by atoms with Gasteiger partial charge < -0.3 is 21.1 Å². The van der Waals surface area contributed by atoms with Crippen LogP contribution in [0.2, 0.25) is 5.02 Å². The summed E-state index contributed by atoms with van der Waals surface area (Å²) < 4.78 is 5.50. The predicted octanol–water partition coefficient (Wildman–Crippen LogP) is 5.33. The van der Waals surface area contributed by atoms with Gasteiger partial charge in [0.1, 0.15) is 5.75 Å². The van der Waals surface area contributed by atoms with Crippen molar-refractivity contribution >= 4 is 34.0 Å². The molecule has 3 aromatic rings. The number of aliphatic imine (C=N–C) groups is 1. The summed E-state index contributed by atoms with van der Waals surface area (Å²) in [7, 11) is 1.64. The fourth-order valence-electron chi connectivity index (χ4n) is 4.14. The Bertz CT molecular complexity index is 1060. The summed E-state index contributed by atoms with van der Waals surface area (Å²) in [6, 6.07) is 20.5. The van der Waals surface area contributed by atoms with Crippen LogP contribution in [0.15, 0.2) is 65.7 Å². The molecule has 0 saturated heterocycles. The molecule has 0 amide bonds. The third-order valence-electron chi connectivity index (χ3n) is 5.84. The summed E-state index contributed by atoms with van der Waals surface area (Å²) in [5.74, 6) is 1.38. The molecule has 2 atom stereocenters. The lowest BCUT2D eigenvalue weighted by Crippen LogP contribution is -2.51. The molecule has 6 heteroatoms. The molecule has 1 aliphatic carbocycles. The van der Waals surface area contributed by atoms with Crippen LogP contribution in [0.4, 0.5) is 5.69 Å². The highest BCUT2D eigenvalue weighted by Crippen LogP contribution is 2.28. The predicted molar refractivity (Wildman–Crippen MR) is 130 cm³/mol. The average Bonchev–Trinajstić information content (AvgIpc) is 2.79. The monoisotopic (exact) mass is 436 g/mol. The Labute approximate surface area is 188 Å². The van der Waals surface area contributed by atoms with Crippen molar-refractivity contribution in [2.45, 2.75) is 44.3 Å².